The molecule has 182 valence electrons. The van der Waals surface area contributed by atoms with Gasteiger partial charge in [0.05, 0.1) is 51.9 Å². The van der Waals surface area contributed by atoms with Gasteiger partial charge in [0.2, 0.25) is 0 Å². The first kappa shape index (κ1) is 25.4. The van der Waals surface area contributed by atoms with Gasteiger partial charge in [0.25, 0.3) is 5.91 Å². The lowest BCUT2D eigenvalue weighted by Crippen LogP contribution is -2.29. The van der Waals surface area contributed by atoms with Gasteiger partial charge in [-0.25, -0.2) is 5.01 Å². The molecule has 0 radical (unpaired) electrons. The molecule has 0 N–H and O–H groups in total. The number of esters is 1. The predicted molar refractivity (Wildman–Crippen MR) is 132 cm³/mol. The quantitative estimate of drug-likeness (QED) is 0.349. The van der Waals surface area contributed by atoms with Gasteiger partial charge in [0.1, 0.15) is 5.75 Å². The number of amides is 1. The number of hydrogen-bond acceptors (Lipinski definition) is 8. The number of benzene rings is 2. The van der Waals surface area contributed by atoms with Crippen LogP contribution in [0.5, 0.6) is 17.2 Å². The third kappa shape index (κ3) is 6.02. The maximum absolute atomic E-state index is 13.2. The fourth-order valence-electron chi connectivity index (χ4n) is 3.73. The Hall–Kier alpha value is -3.20. The van der Waals surface area contributed by atoms with Gasteiger partial charge in [0, 0.05) is 17.7 Å². The Labute approximate surface area is 204 Å². The van der Waals surface area contributed by atoms with Crippen LogP contribution < -0.4 is 14.2 Å². The van der Waals surface area contributed by atoms with E-state index in [0.29, 0.717) is 30.3 Å². The smallest absolute Gasteiger partial charge is 0.306 e. The minimum absolute atomic E-state index is 0.146. The van der Waals surface area contributed by atoms with E-state index in [1.54, 1.807) is 28.3 Å². The fraction of sp³-hybridized carbons (Fsp3) is 0.400. The average molecular weight is 487 g/mol. The standard InChI is InChI=1S/C25H30N2O6S/c1-5-33-24(29)13-14-34-16-23(28)27-21(19-7-6-8-22(31-3)25(19)32-4)15-20(26-27)17-9-11-18(30-2)12-10-17/h6-12,21H,5,13-16H2,1-4H3/t21-/m0/s1. The van der Waals surface area contributed by atoms with E-state index in [-0.39, 0.29) is 30.1 Å². The van der Waals surface area contributed by atoms with E-state index < -0.39 is 0 Å². The highest BCUT2D eigenvalue weighted by atomic mass is 32.2. The molecule has 0 saturated carbocycles. The molecule has 0 saturated heterocycles. The maximum atomic E-state index is 13.2. The highest BCUT2D eigenvalue weighted by Gasteiger charge is 2.35. The van der Waals surface area contributed by atoms with Crippen molar-refractivity contribution in [3.63, 3.8) is 0 Å². The van der Waals surface area contributed by atoms with Crippen LogP contribution in [0, 0.1) is 0 Å². The van der Waals surface area contributed by atoms with Crippen molar-refractivity contribution in [1.82, 2.24) is 5.01 Å². The molecule has 2 aromatic rings. The number of rotatable bonds is 11. The molecular formula is C25H30N2O6S. The van der Waals surface area contributed by atoms with Crippen LogP contribution in [0.2, 0.25) is 0 Å². The molecule has 1 atom stereocenters. The highest BCUT2D eigenvalue weighted by Crippen LogP contribution is 2.42. The molecule has 0 bridgehead atoms. The van der Waals surface area contributed by atoms with E-state index in [1.807, 2.05) is 42.5 Å². The van der Waals surface area contributed by atoms with Crippen molar-refractivity contribution in [2.75, 3.05) is 39.4 Å². The Morgan fingerprint density at radius 2 is 1.82 bits per heavy atom. The van der Waals surface area contributed by atoms with E-state index in [9.17, 15) is 9.59 Å². The van der Waals surface area contributed by atoms with Gasteiger partial charge in [-0.15, -0.1) is 0 Å². The molecule has 8 nitrogen and oxygen atoms in total. The Balaban J connectivity index is 1.84. The summed E-state index contributed by atoms with van der Waals surface area (Å²) in [5, 5.41) is 6.23. The van der Waals surface area contributed by atoms with E-state index in [1.165, 1.54) is 16.8 Å². The Morgan fingerprint density at radius 3 is 2.47 bits per heavy atom. The molecule has 1 aliphatic heterocycles. The number of para-hydroxylation sites is 1. The van der Waals surface area contributed by atoms with E-state index in [0.717, 1.165) is 22.6 Å². The van der Waals surface area contributed by atoms with Crippen molar-refractivity contribution in [3.05, 3.63) is 53.6 Å². The van der Waals surface area contributed by atoms with Gasteiger partial charge in [-0.3, -0.25) is 9.59 Å². The third-order valence-electron chi connectivity index (χ3n) is 5.36. The summed E-state index contributed by atoms with van der Waals surface area (Å²) in [7, 11) is 4.78. The van der Waals surface area contributed by atoms with Crippen LogP contribution in [-0.2, 0) is 14.3 Å². The van der Waals surface area contributed by atoms with Crippen LogP contribution in [0.15, 0.2) is 47.6 Å². The molecule has 0 unspecified atom stereocenters. The number of carbonyl (C=O) groups excluding carboxylic acids is 2. The topological polar surface area (TPSA) is 86.7 Å². The number of ether oxygens (including phenoxy) is 4. The summed E-state index contributed by atoms with van der Waals surface area (Å²) >= 11 is 1.39. The molecule has 0 fully saturated rings. The Morgan fingerprint density at radius 1 is 1.06 bits per heavy atom. The minimum Gasteiger partial charge on any atom is -0.497 e. The van der Waals surface area contributed by atoms with Crippen molar-refractivity contribution < 1.29 is 28.5 Å². The van der Waals surface area contributed by atoms with Gasteiger partial charge >= 0.3 is 5.97 Å². The summed E-state index contributed by atoms with van der Waals surface area (Å²) in [6, 6.07) is 12.9. The monoisotopic (exact) mass is 486 g/mol. The molecular weight excluding hydrogens is 456 g/mol. The molecule has 1 amide bonds. The van der Waals surface area contributed by atoms with Crippen molar-refractivity contribution in [2.45, 2.75) is 25.8 Å². The summed E-state index contributed by atoms with van der Waals surface area (Å²) in [6.07, 6.45) is 0.786. The second-order valence-corrected chi connectivity index (χ2v) is 8.53. The lowest BCUT2D eigenvalue weighted by molar-refractivity contribution is -0.142. The van der Waals surface area contributed by atoms with Crippen LogP contribution in [0.4, 0.5) is 0 Å². The molecule has 1 heterocycles. The number of hydrogen-bond donors (Lipinski definition) is 0. The molecule has 0 spiro atoms. The summed E-state index contributed by atoms with van der Waals surface area (Å²) in [5.74, 6) is 2.21. The molecule has 34 heavy (non-hydrogen) atoms. The zero-order valence-corrected chi connectivity index (χ0v) is 20.7. The van der Waals surface area contributed by atoms with Crippen LogP contribution in [0.3, 0.4) is 0 Å². The molecule has 3 rings (SSSR count). The zero-order chi connectivity index (χ0) is 24.5. The summed E-state index contributed by atoms with van der Waals surface area (Å²) in [4.78, 5) is 24.8. The molecule has 9 heteroatoms. The van der Waals surface area contributed by atoms with Crippen molar-refractivity contribution >= 4 is 29.4 Å². The van der Waals surface area contributed by atoms with Gasteiger partial charge < -0.3 is 18.9 Å². The molecule has 2 aromatic carbocycles. The lowest BCUT2D eigenvalue weighted by atomic mass is 9.97. The molecule has 0 aliphatic carbocycles. The minimum atomic E-state index is -0.347. The van der Waals surface area contributed by atoms with E-state index in [2.05, 4.69) is 0 Å². The molecule has 0 aromatic heterocycles. The second kappa shape index (κ2) is 12.3. The van der Waals surface area contributed by atoms with Gasteiger partial charge in [-0.1, -0.05) is 12.1 Å². The van der Waals surface area contributed by atoms with Gasteiger partial charge in [-0.05, 0) is 42.8 Å². The van der Waals surface area contributed by atoms with E-state index >= 15 is 0 Å². The van der Waals surface area contributed by atoms with Crippen LogP contribution in [-0.4, -0.2) is 62.0 Å². The average Bonchev–Trinajstić information content (AvgIpc) is 3.31. The SMILES string of the molecule is CCOC(=O)CCSCC(=O)N1N=C(c2ccc(OC)cc2)C[C@H]1c1cccc(OC)c1OC. The predicted octanol–water partition coefficient (Wildman–Crippen LogP) is 4.08. The summed E-state index contributed by atoms with van der Waals surface area (Å²) < 4.78 is 21.3. The Kier molecular flexibility index (Phi) is 9.21. The number of methoxy groups -OCH3 is 3. The second-order valence-electron chi connectivity index (χ2n) is 7.42. The van der Waals surface area contributed by atoms with Crippen molar-refractivity contribution in [3.8, 4) is 17.2 Å². The zero-order valence-electron chi connectivity index (χ0n) is 19.9. The van der Waals surface area contributed by atoms with Crippen LogP contribution in [0.25, 0.3) is 0 Å². The fourth-order valence-corrected chi connectivity index (χ4v) is 4.49. The number of thioether (sulfide) groups is 1. The lowest BCUT2D eigenvalue weighted by Gasteiger charge is -2.24. The largest absolute Gasteiger partial charge is 0.497 e. The number of nitrogens with zero attached hydrogens (tertiary/aromatic N) is 2. The van der Waals surface area contributed by atoms with Crippen LogP contribution >= 0.6 is 11.8 Å². The van der Waals surface area contributed by atoms with Gasteiger partial charge in [-0.2, -0.15) is 16.9 Å². The first-order valence-corrected chi connectivity index (χ1v) is 12.2. The van der Waals surface area contributed by atoms with E-state index in [4.69, 9.17) is 24.0 Å². The Bertz CT molecular complexity index is 1020. The maximum Gasteiger partial charge on any atom is 0.306 e. The van der Waals surface area contributed by atoms with Gasteiger partial charge in [0.15, 0.2) is 11.5 Å². The van der Waals surface area contributed by atoms with Crippen LogP contribution in [0.1, 0.15) is 36.9 Å². The number of hydrazone groups is 1. The highest BCUT2D eigenvalue weighted by molar-refractivity contribution is 7.99. The first-order chi connectivity index (χ1) is 16.5. The molecule has 1 aliphatic rings. The normalized spacial score (nSPS) is 15.0. The first-order valence-electron chi connectivity index (χ1n) is 11.0. The third-order valence-corrected chi connectivity index (χ3v) is 6.31. The number of carbonyl (C=O) groups is 2. The summed E-state index contributed by atoms with van der Waals surface area (Å²) in [6.45, 7) is 2.12. The van der Waals surface area contributed by atoms with Crippen molar-refractivity contribution in [1.29, 1.82) is 0 Å². The van der Waals surface area contributed by atoms with Crippen molar-refractivity contribution in [2.24, 2.45) is 5.10 Å². The summed E-state index contributed by atoms with van der Waals surface area (Å²) in [5.41, 5.74) is 2.53.